The van der Waals surface area contributed by atoms with Crippen LogP contribution in [-0.2, 0) is 11.4 Å². The van der Waals surface area contributed by atoms with Crippen LogP contribution in [0.2, 0.25) is 0 Å². The zero-order valence-corrected chi connectivity index (χ0v) is 16.4. The highest BCUT2D eigenvalue weighted by atomic mass is 16.5. The van der Waals surface area contributed by atoms with Crippen molar-refractivity contribution in [3.8, 4) is 5.75 Å². The number of hydrogen-bond acceptors (Lipinski definition) is 4. The maximum absolute atomic E-state index is 12.7. The number of rotatable bonds is 7. The Bertz CT molecular complexity index is 841. The molecule has 3 rings (SSSR count). The number of piperidine rings is 1. The van der Waals surface area contributed by atoms with Gasteiger partial charge in [-0.25, -0.2) is 0 Å². The molecule has 28 heavy (non-hydrogen) atoms. The van der Waals surface area contributed by atoms with E-state index in [2.05, 4.69) is 6.07 Å². The summed E-state index contributed by atoms with van der Waals surface area (Å²) in [6, 6.07) is 9.44. The average molecular weight is 385 g/mol. The van der Waals surface area contributed by atoms with Gasteiger partial charge in [-0.2, -0.15) is 0 Å². The number of nitrogens with zero attached hydrogens (tertiary/aromatic N) is 1. The minimum atomic E-state index is -0.789. The van der Waals surface area contributed by atoms with Crippen LogP contribution in [0.4, 0.5) is 0 Å². The molecular weight excluding hydrogens is 358 g/mol. The van der Waals surface area contributed by atoms with Gasteiger partial charge in [0.25, 0.3) is 5.91 Å². The molecule has 1 saturated heterocycles. The van der Waals surface area contributed by atoms with Crippen molar-refractivity contribution in [2.24, 2.45) is 5.92 Å². The number of furan rings is 1. The summed E-state index contributed by atoms with van der Waals surface area (Å²) in [6.07, 6.45) is 2.60. The largest absolute Gasteiger partial charge is 0.485 e. The summed E-state index contributed by atoms with van der Waals surface area (Å²) in [5.74, 6) is 1.00. The van der Waals surface area contributed by atoms with Gasteiger partial charge in [0, 0.05) is 19.5 Å². The summed E-state index contributed by atoms with van der Waals surface area (Å²) in [7, 11) is 0. The number of carboxylic acid groups (broad SMARTS) is 1. The molecule has 1 N–H and O–H groups in total. The van der Waals surface area contributed by atoms with Crippen LogP contribution in [0.5, 0.6) is 5.75 Å². The first kappa shape index (κ1) is 20.0. The zero-order chi connectivity index (χ0) is 20.1. The van der Waals surface area contributed by atoms with Crippen molar-refractivity contribution in [2.45, 2.75) is 46.1 Å². The molecule has 6 heteroatoms. The number of aliphatic carboxylic acids is 1. The first-order chi connectivity index (χ1) is 13.4. The molecule has 0 bridgehead atoms. The van der Waals surface area contributed by atoms with Crippen LogP contribution >= 0.6 is 0 Å². The van der Waals surface area contributed by atoms with Gasteiger partial charge in [-0.15, -0.1) is 0 Å². The third kappa shape index (κ3) is 5.15. The summed E-state index contributed by atoms with van der Waals surface area (Å²) in [4.78, 5) is 25.3. The second-order valence-corrected chi connectivity index (χ2v) is 7.52. The summed E-state index contributed by atoms with van der Waals surface area (Å²) >= 11 is 0. The molecule has 1 amide bonds. The van der Waals surface area contributed by atoms with Crippen molar-refractivity contribution < 1.29 is 23.8 Å². The van der Waals surface area contributed by atoms with Gasteiger partial charge in [-0.05, 0) is 62.8 Å². The van der Waals surface area contributed by atoms with Crippen LogP contribution in [0.15, 0.2) is 34.7 Å². The molecule has 1 aromatic heterocycles. The topological polar surface area (TPSA) is 80.0 Å². The third-order valence-corrected chi connectivity index (χ3v) is 5.15. The monoisotopic (exact) mass is 385 g/mol. The van der Waals surface area contributed by atoms with Gasteiger partial charge in [-0.3, -0.25) is 9.59 Å². The maximum Gasteiger partial charge on any atom is 0.303 e. The summed E-state index contributed by atoms with van der Waals surface area (Å²) < 4.78 is 11.5. The van der Waals surface area contributed by atoms with Gasteiger partial charge < -0.3 is 19.2 Å². The molecule has 6 nitrogen and oxygen atoms in total. The number of amides is 1. The van der Waals surface area contributed by atoms with Gasteiger partial charge in [0.05, 0.1) is 0 Å². The lowest BCUT2D eigenvalue weighted by Crippen LogP contribution is -2.39. The molecule has 1 unspecified atom stereocenters. The van der Waals surface area contributed by atoms with E-state index in [9.17, 15) is 9.59 Å². The van der Waals surface area contributed by atoms with E-state index in [0.717, 1.165) is 24.2 Å². The standard InChI is InChI=1S/C22H27NO5/c1-15-5-8-19(16(2)12-15)27-14-18-7-9-20(28-18)22(26)23-11-3-4-17(13-23)6-10-21(24)25/h5,7-9,12,17H,3-4,6,10-11,13-14H2,1-2H3,(H,24,25). The van der Waals surface area contributed by atoms with Crippen LogP contribution in [-0.4, -0.2) is 35.0 Å². The second kappa shape index (κ2) is 8.95. The SMILES string of the molecule is Cc1ccc(OCc2ccc(C(=O)N3CCCC(CCC(=O)O)C3)o2)c(C)c1. The van der Waals surface area contributed by atoms with Gasteiger partial charge in [-0.1, -0.05) is 17.7 Å². The number of carbonyl (C=O) groups is 2. The number of benzene rings is 1. The molecule has 2 aromatic rings. The molecule has 150 valence electrons. The van der Waals surface area contributed by atoms with E-state index in [1.807, 2.05) is 26.0 Å². The van der Waals surface area contributed by atoms with E-state index >= 15 is 0 Å². The Labute approximate surface area is 165 Å². The van der Waals surface area contributed by atoms with E-state index < -0.39 is 5.97 Å². The summed E-state index contributed by atoms with van der Waals surface area (Å²) in [5.41, 5.74) is 2.24. The maximum atomic E-state index is 12.7. The van der Waals surface area contributed by atoms with E-state index in [-0.39, 0.29) is 24.9 Å². The molecule has 1 aromatic carbocycles. The van der Waals surface area contributed by atoms with Gasteiger partial charge in [0.2, 0.25) is 0 Å². The first-order valence-corrected chi connectivity index (χ1v) is 9.72. The molecular formula is C22H27NO5. The highest BCUT2D eigenvalue weighted by molar-refractivity contribution is 5.91. The third-order valence-electron chi connectivity index (χ3n) is 5.15. The Kier molecular flexibility index (Phi) is 6.39. The number of likely N-dealkylation sites (tertiary alicyclic amines) is 1. The van der Waals surface area contributed by atoms with Crippen molar-refractivity contribution in [1.29, 1.82) is 0 Å². The zero-order valence-electron chi connectivity index (χ0n) is 16.4. The predicted molar refractivity (Wildman–Crippen MR) is 104 cm³/mol. The number of carbonyl (C=O) groups excluding carboxylic acids is 1. The Balaban J connectivity index is 1.56. The van der Waals surface area contributed by atoms with Crippen molar-refractivity contribution >= 4 is 11.9 Å². The van der Waals surface area contributed by atoms with Crippen LogP contribution in [0, 0.1) is 19.8 Å². The molecule has 0 aliphatic carbocycles. The molecule has 1 atom stereocenters. The van der Waals surface area contributed by atoms with Gasteiger partial charge >= 0.3 is 5.97 Å². The van der Waals surface area contributed by atoms with E-state index in [1.165, 1.54) is 5.56 Å². The average Bonchev–Trinajstić information content (AvgIpc) is 3.14. The summed E-state index contributed by atoms with van der Waals surface area (Å²) in [5, 5.41) is 8.86. The molecule has 0 saturated carbocycles. The summed E-state index contributed by atoms with van der Waals surface area (Å²) in [6.45, 7) is 5.56. The van der Waals surface area contributed by atoms with Crippen molar-refractivity contribution in [1.82, 2.24) is 4.90 Å². The molecule has 2 heterocycles. The second-order valence-electron chi connectivity index (χ2n) is 7.52. The first-order valence-electron chi connectivity index (χ1n) is 9.72. The molecule has 1 aliphatic rings. The van der Waals surface area contributed by atoms with Gasteiger partial charge in [0.1, 0.15) is 18.1 Å². The molecule has 1 aliphatic heterocycles. The number of aryl methyl sites for hydroxylation is 2. The minimum Gasteiger partial charge on any atom is -0.485 e. The molecule has 0 radical (unpaired) electrons. The number of carboxylic acids is 1. The smallest absolute Gasteiger partial charge is 0.303 e. The fourth-order valence-electron chi connectivity index (χ4n) is 3.65. The van der Waals surface area contributed by atoms with Gasteiger partial charge in [0.15, 0.2) is 5.76 Å². The van der Waals surface area contributed by atoms with E-state index in [1.54, 1.807) is 17.0 Å². The predicted octanol–water partition coefficient (Wildman–Crippen LogP) is 4.19. The van der Waals surface area contributed by atoms with Crippen LogP contribution in [0.25, 0.3) is 0 Å². The lowest BCUT2D eigenvalue weighted by Gasteiger charge is -2.32. The number of ether oxygens (including phenoxy) is 1. The Hall–Kier alpha value is -2.76. The highest BCUT2D eigenvalue weighted by Gasteiger charge is 2.26. The fourth-order valence-corrected chi connectivity index (χ4v) is 3.65. The quantitative estimate of drug-likeness (QED) is 0.773. The Morgan fingerprint density at radius 3 is 2.82 bits per heavy atom. The fraction of sp³-hybridized carbons (Fsp3) is 0.455. The van der Waals surface area contributed by atoms with E-state index in [0.29, 0.717) is 31.0 Å². The highest BCUT2D eigenvalue weighted by Crippen LogP contribution is 2.24. The van der Waals surface area contributed by atoms with Crippen LogP contribution < -0.4 is 4.74 Å². The van der Waals surface area contributed by atoms with Crippen LogP contribution in [0.1, 0.15) is 53.1 Å². The lowest BCUT2D eigenvalue weighted by molar-refractivity contribution is -0.137. The Morgan fingerprint density at radius 2 is 2.07 bits per heavy atom. The Morgan fingerprint density at radius 1 is 1.25 bits per heavy atom. The lowest BCUT2D eigenvalue weighted by atomic mass is 9.93. The minimum absolute atomic E-state index is 0.141. The van der Waals surface area contributed by atoms with Crippen LogP contribution in [0.3, 0.4) is 0 Å². The van der Waals surface area contributed by atoms with Crippen molar-refractivity contribution in [3.05, 3.63) is 53.0 Å². The van der Waals surface area contributed by atoms with Crippen molar-refractivity contribution in [2.75, 3.05) is 13.1 Å². The van der Waals surface area contributed by atoms with Crippen molar-refractivity contribution in [3.63, 3.8) is 0 Å². The molecule has 1 fully saturated rings. The normalized spacial score (nSPS) is 16.8. The van der Waals surface area contributed by atoms with E-state index in [4.69, 9.17) is 14.3 Å². The number of hydrogen-bond donors (Lipinski definition) is 1. The molecule has 0 spiro atoms.